The monoisotopic (exact) mass is 332 g/mol. The Bertz CT molecular complexity index is 654. The Hall–Kier alpha value is -2.19. The van der Waals surface area contributed by atoms with Crippen LogP contribution < -0.4 is 10.6 Å². The molecule has 1 saturated heterocycles. The van der Waals surface area contributed by atoms with E-state index in [1.165, 1.54) is 0 Å². The largest absolute Gasteiger partial charge is 0.395 e. The Morgan fingerprint density at radius 2 is 2.29 bits per heavy atom. The SMILES string of the molecule is CCn1cncc1CNc1cc([C@H]2CCOC2)nc(NCCO)n1. The molecule has 1 aliphatic rings. The van der Waals surface area contributed by atoms with Crippen LogP contribution in [0.5, 0.6) is 0 Å². The average molecular weight is 332 g/mol. The van der Waals surface area contributed by atoms with E-state index < -0.39 is 0 Å². The summed E-state index contributed by atoms with van der Waals surface area (Å²) < 4.78 is 7.56. The molecule has 24 heavy (non-hydrogen) atoms. The zero-order valence-corrected chi connectivity index (χ0v) is 13.9. The second-order valence-corrected chi connectivity index (χ2v) is 5.74. The third kappa shape index (κ3) is 4.01. The number of hydrogen-bond donors (Lipinski definition) is 3. The van der Waals surface area contributed by atoms with Crippen LogP contribution in [-0.2, 0) is 17.8 Å². The summed E-state index contributed by atoms with van der Waals surface area (Å²) >= 11 is 0. The molecule has 0 radical (unpaired) electrons. The fraction of sp³-hybridized carbons (Fsp3) is 0.562. The van der Waals surface area contributed by atoms with E-state index in [1.807, 2.05) is 18.6 Å². The van der Waals surface area contributed by atoms with Gasteiger partial charge in [0, 0.05) is 37.9 Å². The van der Waals surface area contributed by atoms with E-state index in [1.54, 1.807) is 0 Å². The number of nitrogens with one attached hydrogen (secondary N) is 2. The van der Waals surface area contributed by atoms with E-state index in [9.17, 15) is 0 Å². The molecule has 3 heterocycles. The minimum atomic E-state index is 0.0403. The van der Waals surface area contributed by atoms with Crippen LogP contribution in [0, 0.1) is 0 Å². The number of anilines is 2. The van der Waals surface area contributed by atoms with Crippen molar-refractivity contribution in [3.05, 3.63) is 30.0 Å². The zero-order chi connectivity index (χ0) is 16.8. The van der Waals surface area contributed by atoms with Crippen LogP contribution in [-0.4, -0.2) is 51.0 Å². The molecule has 0 spiro atoms. The predicted molar refractivity (Wildman–Crippen MR) is 91.0 cm³/mol. The van der Waals surface area contributed by atoms with E-state index in [0.29, 0.717) is 31.6 Å². The Balaban J connectivity index is 1.75. The Kier molecular flexibility index (Phi) is 5.60. The summed E-state index contributed by atoms with van der Waals surface area (Å²) in [6.07, 6.45) is 4.65. The van der Waals surface area contributed by atoms with E-state index in [0.717, 1.165) is 36.8 Å². The van der Waals surface area contributed by atoms with E-state index in [-0.39, 0.29) is 6.61 Å². The molecule has 3 N–H and O–H groups in total. The van der Waals surface area contributed by atoms with Crippen molar-refractivity contribution in [1.29, 1.82) is 0 Å². The first kappa shape index (κ1) is 16.7. The summed E-state index contributed by atoms with van der Waals surface area (Å²) in [4.78, 5) is 13.2. The van der Waals surface area contributed by atoms with Gasteiger partial charge in [0.2, 0.25) is 5.95 Å². The Labute approximate surface area is 141 Å². The maximum Gasteiger partial charge on any atom is 0.224 e. The molecule has 0 unspecified atom stereocenters. The molecule has 0 bridgehead atoms. The highest BCUT2D eigenvalue weighted by atomic mass is 16.5. The van der Waals surface area contributed by atoms with Crippen LogP contribution in [0.2, 0.25) is 0 Å². The maximum absolute atomic E-state index is 9.00. The molecule has 1 aliphatic heterocycles. The van der Waals surface area contributed by atoms with Crippen LogP contribution in [0.1, 0.15) is 30.7 Å². The van der Waals surface area contributed by atoms with Gasteiger partial charge in [0.05, 0.1) is 37.5 Å². The Morgan fingerprint density at radius 1 is 1.38 bits per heavy atom. The van der Waals surface area contributed by atoms with Gasteiger partial charge in [-0.25, -0.2) is 9.97 Å². The molecule has 0 amide bonds. The van der Waals surface area contributed by atoms with Gasteiger partial charge in [-0.3, -0.25) is 0 Å². The molecule has 0 aliphatic carbocycles. The molecule has 0 saturated carbocycles. The molecule has 2 aromatic rings. The van der Waals surface area contributed by atoms with Gasteiger partial charge >= 0.3 is 0 Å². The number of nitrogens with zero attached hydrogens (tertiary/aromatic N) is 4. The lowest BCUT2D eigenvalue weighted by Crippen LogP contribution is -2.14. The summed E-state index contributed by atoms with van der Waals surface area (Å²) in [5.41, 5.74) is 2.07. The number of imidazole rings is 1. The van der Waals surface area contributed by atoms with Crippen LogP contribution in [0.15, 0.2) is 18.6 Å². The highest BCUT2D eigenvalue weighted by Gasteiger charge is 2.20. The van der Waals surface area contributed by atoms with Gasteiger partial charge in [0.25, 0.3) is 0 Å². The summed E-state index contributed by atoms with van der Waals surface area (Å²) in [6.45, 7) is 5.54. The van der Waals surface area contributed by atoms with E-state index in [2.05, 4.69) is 37.1 Å². The van der Waals surface area contributed by atoms with Crippen molar-refractivity contribution in [2.45, 2.75) is 32.4 Å². The number of aliphatic hydroxyl groups excluding tert-OH is 1. The summed E-state index contributed by atoms with van der Waals surface area (Å²) in [6, 6.07) is 1.98. The molecular weight excluding hydrogens is 308 g/mol. The summed E-state index contributed by atoms with van der Waals surface area (Å²) in [7, 11) is 0. The first-order valence-electron chi connectivity index (χ1n) is 8.34. The molecule has 0 aromatic carbocycles. The Morgan fingerprint density at radius 3 is 3.04 bits per heavy atom. The first-order valence-corrected chi connectivity index (χ1v) is 8.34. The van der Waals surface area contributed by atoms with Crippen molar-refractivity contribution < 1.29 is 9.84 Å². The van der Waals surface area contributed by atoms with Gasteiger partial charge in [0.15, 0.2) is 0 Å². The van der Waals surface area contributed by atoms with Crippen LogP contribution in [0.3, 0.4) is 0 Å². The molecule has 1 atom stereocenters. The summed E-state index contributed by atoms with van der Waals surface area (Å²) in [5, 5.41) is 15.4. The van der Waals surface area contributed by atoms with Gasteiger partial charge in [-0.15, -0.1) is 0 Å². The number of ether oxygens (including phenoxy) is 1. The first-order chi connectivity index (χ1) is 11.8. The maximum atomic E-state index is 9.00. The number of aliphatic hydroxyl groups is 1. The molecular formula is C16H24N6O2. The molecule has 2 aromatic heterocycles. The standard InChI is InChI=1S/C16H24N6O2/c1-2-22-11-17-8-13(22)9-19-15-7-14(12-3-6-24-10-12)20-16(21-15)18-4-5-23/h7-8,11-12,23H,2-6,9-10H2,1H3,(H2,18,19,20,21)/t12-/m0/s1. The molecule has 8 heteroatoms. The normalized spacial score (nSPS) is 17.2. The van der Waals surface area contributed by atoms with Crippen LogP contribution in [0.25, 0.3) is 0 Å². The molecule has 8 nitrogen and oxygen atoms in total. The minimum absolute atomic E-state index is 0.0403. The van der Waals surface area contributed by atoms with Crippen molar-refractivity contribution in [2.75, 3.05) is 37.0 Å². The summed E-state index contributed by atoms with van der Waals surface area (Å²) in [5.74, 6) is 1.58. The molecule has 3 rings (SSSR count). The van der Waals surface area contributed by atoms with Crippen molar-refractivity contribution in [2.24, 2.45) is 0 Å². The second kappa shape index (κ2) is 8.07. The van der Waals surface area contributed by atoms with Crippen molar-refractivity contribution in [3.8, 4) is 0 Å². The van der Waals surface area contributed by atoms with Gasteiger partial charge in [-0.2, -0.15) is 4.98 Å². The average Bonchev–Trinajstić information content (AvgIpc) is 3.29. The van der Waals surface area contributed by atoms with Gasteiger partial charge < -0.3 is 25.0 Å². The van der Waals surface area contributed by atoms with Crippen molar-refractivity contribution in [1.82, 2.24) is 19.5 Å². The van der Waals surface area contributed by atoms with Crippen molar-refractivity contribution in [3.63, 3.8) is 0 Å². The van der Waals surface area contributed by atoms with Gasteiger partial charge in [0.1, 0.15) is 5.82 Å². The van der Waals surface area contributed by atoms with E-state index >= 15 is 0 Å². The lowest BCUT2D eigenvalue weighted by atomic mass is 10.0. The van der Waals surface area contributed by atoms with E-state index in [4.69, 9.17) is 9.84 Å². The smallest absolute Gasteiger partial charge is 0.224 e. The minimum Gasteiger partial charge on any atom is -0.395 e. The lowest BCUT2D eigenvalue weighted by molar-refractivity contribution is 0.193. The molecule has 130 valence electrons. The predicted octanol–water partition coefficient (Wildman–Crippen LogP) is 1.21. The van der Waals surface area contributed by atoms with Crippen LogP contribution in [0.4, 0.5) is 11.8 Å². The number of aromatic nitrogens is 4. The van der Waals surface area contributed by atoms with Gasteiger partial charge in [-0.05, 0) is 13.3 Å². The van der Waals surface area contributed by atoms with Crippen molar-refractivity contribution >= 4 is 11.8 Å². The number of rotatable bonds is 8. The topological polar surface area (TPSA) is 97.1 Å². The third-order valence-electron chi connectivity index (χ3n) is 4.08. The zero-order valence-electron chi connectivity index (χ0n) is 13.9. The lowest BCUT2D eigenvalue weighted by Gasteiger charge is -2.14. The number of hydrogen-bond acceptors (Lipinski definition) is 7. The van der Waals surface area contributed by atoms with Crippen LogP contribution >= 0.6 is 0 Å². The third-order valence-corrected chi connectivity index (χ3v) is 4.08. The highest BCUT2D eigenvalue weighted by molar-refractivity contribution is 5.43. The number of aryl methyl sites for hydroxylation is 1. The highest BCUT2D eigenvalue weighted by Crippen LogP contribution is 2.26. The fourth-order valence-electron chi connectivity index (χ4n) is 2.74. The van der Waals surface area contributed by atoms with Gasteiger partial charge in [-0.1, -0.05) is 0 Å². The fourth-order valence-corrected chi connectivity index (χ4v) is 2.74. The molecule has 1 fully saturated rings. The second-order valence-electron chi connectivity index (χ2n) is 5.74. The quantitative estimate of drug-likeness (QED) is 0.668.